The van der Waals surface area contributed by atoms with Crippen LogP contribution in [0.1, 0.15) is 34.8 Å². The molecule has 0 unspecified atom stereocenters. The first-order valence-corrected chi connectivity index (χ1v) is 9.06. The summed E-state index contributed by atoms with van der Waals surface area (Å²) in [6, 6.07) is 7.74. The van der Waals surface area contributed by atoms with Gasteiger partial charge >= 0.3 is 0 Å². The summed E-state index contributed by atoms with van der Waals surface area (Å²) < 4.78 is 2.02. The van der Waals surface area contributed by atoms with Crippen LogP contribution in [0.15, 0.2) is 35.8 Å². The minimum atomic E-state index is -0.0675. The highest BCUT2D eigenvalue weighted by Crippen LogP contribution is 2.22. The smallest absolute Gasteiger partial charge is 0.253 e. The Morgan fingerprint density at radius 3 is 2.75 bits per heavy atom. The predicted octanol–water partition coefficient (Wildman–Crippen LogP) is 3.48. The molecule has 1 amide bonds. The molecule has 0 radical (unpaired) electrons. The molecule has 3 aromatic rings. The second kappa shape index (κ2) is 7.05. The van der Waals surface area contributed by atoms with Gasteiger partial charge in [-0.15, -0.1) is 11.3 Å². The average molecular weight is 342 g/mol. The van der Waals surface area contributed by atoms with E-state index in [1.165, 1.54) is 0 Å². The number of anilines is 1. The fraction of sp³-hybridized carbons (Fsp3) is 0.333. The molecule has 3 heterocycles. The van der Waals surface area contributed by atoms with E-state index in [2.05, 4.69) is 29.0 Å². The lowest BCUT2D eigenvalue weighted by molar-refractivity contribution is 0.0951. The van der Waals surface area contributed by atoms with Gasteiger partial charge in [-0.25, -0.2) is 4.98 Å². The Hall–Kier alpha value is -2.34. The number of pyridine rings is 1. The maximum Gasteiger partial charge on any atom is 0.253 e. The number of aryl methyl sites for hydroxylation is 1. The molecule has 0 aromatic carbocycles. The number of amides is 1. The second-order valence-corrected chi connectivity index (χ2v) is 6.63. The van der Waals surface area contributed by atoms with E-state index in [0.29, 0.717) is 12.1 Å². The van der Waals surface area contributed by atoms with Crippen molar-refractivity contribution in [1.29, 1.82) is 0 Å². The molecule has 1 N–H and O–H groups in total. The number of hydrogen-bond donors (Lipinski definition) is 1. The number of fused-ring (bicyclic) bond motifs is 1. The van der Waals surface area contributed by atoms with Crippen LogP contribution in [0.3, 0.4) is 0 Å². The highest BCUT2D eigenvalue weighted by molar-refractivity contribution is 7.09. The molecule has 0 saturated heterocycles. The molecule has 5 nitrogen and oxygen atoms in total. The summed E-state index contributed by atoms with van der Waals surface area (Å²) in [4.78, 5) is 20.5. The molecule has 0 bridgehead atoms. The van der Waals surface area contributed by atoms with Gasteiger partial charge in [-0.1, -0.05) is 6.07 Å². The number of hydrogen-bond acceptors (Lipinski definition) is 4. The van der Waals surface area contributed by atoms with Gasteiger partial charge in [-0.05, 0) is 44.4 Å². The van der Waals surface area contributed by atoms with E-state index in [0.717, 1.165) is 35.1 Å². The van der Waals surface area contributed by atoms with Crippen molar-refractivity contribution in [3.05, 3.63) is 52.0 Å². The number of nitrogens with zero attached hydrogens (tertiary/aromatic N) is 3. The Kier molecular flexibility index (Phi) is 4.85. The molecule has 0 aliphatic rings. The van der Waals surface area contributed by atoms with Gasteiger partial charge in [-0.3, -0.25) is 9.20 Å². The van der Waals surface area contributed by atoms with Crippen molar-refractivity contribution in [3.63, 3.8) is 0 Å². The zero-order valence-corrected chi connectivity index (χ0v) is 15.1. The summed E-state index contributed by atoms with van der Waals surface area (Å²) >= 11 is 1.64. The molecule has 0 spiro atoms. The number of rotatable bonds is 6. The van der Waals surface area contributed by atoms with Crippen molar-refractivity contribution in [2.75, 3.05) is 18.0 Å². The molecule has 3 rings (SSSR count). The van der Waals surface area contributed by atoms with Crippen LogP contribution in [0, 0.1) is 6.92 Å². The molecule has 3 aromatic heterocycles. The maximum atomic E-state index is 12.5. The molecule has 6 heteroatoms. The molecule has 0 aliphatic carbocycles. The summed E-state index contributed by atoms with van der Waals surface area (Å²) in [6.45, 7) is 8.62. The molecular weight excluding hydrogens is 320 g/mol. The van der Waals surface area contributed by atoms with E-state index in [-0.39, 0.29) is 5.91 Å². The number of nitrogens with one attached hydrogen (secondary N) is 1. The van der Waals surface area contributed by atoms with E-state index in [1.807, 2.05) is 47.2 Å². The summed E-state index contributed by atoms with van der Waals surface area (Å²) in [5, 5.41) is 4.99. The highest BCUT2D eigenvalue weighted by Gasteiger charge is 2.15. The monoisotopic (exact) mass is 342 g/mol. The van der Waals surface area contributed by atoms with Crippen LogP contribution < -0.4 is 10.2 Å². The van der Waals surface area contributed by atoms with Gasteiger partial charge in [0.05, 0.1) is 17.8 Å². The van der Waals surface area contributed by atoms with Crippen molar-refractivity contribution >= 4 is 28.7 Å². The van der Waals surface area contributed by atoms with Crippen LogP contribution >= 0.6 is 11.3 Å². The van der Waals surface area contributed by atoms with Gasteiger partial charge in [0.2, 0.25) is 0 Å². The van der Waals surface area contributed by atoms with Crippen LogP contribution in [-0.4, -0.2) is 28.4 Å². The second-order valence-electron chi connectivity index (χ2n) is 5.60. The van der Waals surface area contributed by atoms with E-state index in [4.69, 9.17) is 0 Å². The van der Waals surface area contributed by atoms with E-state index >= 15 is 0 Å². The molecule has 0 atom stereocenters. The van der Waals surface area contributed by atoms with Gasteiger partial charge in [-0.2, -0.15) is 0 Å². The van der Waals surface area contributed by atoms with Crippen LogP contribution in [-0.2, 0) is 6.54 Å². The quantitative estimate of drug-likeness (QED) is 0.746. The van der Waals surface area contributed by atoms with E-state index < -0.39 is 0 Å². The topological polar surface area (TPSA) is 49.6 Å². The van der Waals surface area contributed by atoms with Crippen molar-refractivity contribution in [1.82, 2.24) is 14.7 Å². The van der Waals surface area contributed by atoms with Gasteiger partial charge in [0, 0.05) is 24.2 Å². The number of carbonyl (C=O) groups is 1. The average Bonchev–Trinajstić information content (AvgIpc) is 3.21. The van der Waals surface area contributed by atoms with Crippen molar-refractivity contribution in [3.8, 4) is 0 Å². The maximum absolute atomic E-state index is 12.5. The van der Waals surface area contributed by atoms with Gasteiger partial charge in [0.15, 0.2) is 0 Å². The Morgan fingerprint density at radius 1 is 1.29 bits per heavy atom. The standard InChI is InChI=1S/C18H22N4OS/c1-4-21(5-2)18-13(3)20-16-9-8-14(12-22(16)18)17(23)19-11-15-7-6-10-24-15/h6-10,12H,4-5,11H2,1-3H3,(H,19,23). The number of imidazole rings is 1. The van der Waals surface area contributed by atoms with Crippen molar-refractivity contribution in [2.45, 2.75) is 27.3 Å². The Bertz CT molecular complexity index is 834. The minimum absolute atomic E-state index is 0.0675. The first-order valence-electron chi connectivity index (χ1n) is 8.18. The Balaban J connectivity index is 1.89. The van der Waals surface area contributed by atoms with Crippen LogP contribution in [0.25, 0.3) is 5.65 Å². The van der Waals surface area contributed by atoms with Gasteiger partial charge in [0.25, 0.3) is 5.91 Å². The third-order valence-corrected chi connectivity index (χ3v) is 4.97. The van der Waals surface area contributed by atoms with Crippen LogP contribution in [0.2, 0.25) is 0 Å². The summed E-state index contributed by atoms with van der Waals surface area (Å²) in [7, 11) is 0. The highest BCUT2D eigenvalue weighted by atomic mass is 32.1. The largest absolute Gasteiger partial charge is 0.357 e. The zero-order chi connectivity index (χ0) is 17.1. The summed E-state index contributed by atoms with van der Waals surface area (Å²) in [6.07, 6.45) is 1.88. The molecule has 0 saturated carbocycles. The third kappa shape index (κ3) is 3.14. The normalized spacial score (nSPS) is 11.0. The van der Waals surface area contributed by atoms with E-state index in [1.54, 1.807) is 11.3 Å². The lowest BCUT2D eigenvalue weighted by Crippen LogP contribution is -2.25. The number of carbonyl (C=O) groups excluding carboxylic acids is 1. The summed E-state index contributed by atoms with van der Waals surface area (Å²) in [5.41, 5.74) is 2.49. The molecular formula is C18H22N4OS. The fourth-order valence-electron chi connectivity index (χ4n) is 2.87. The summed E-state index contributed by atoms with van der Waals surface area (Å²) in [5.74, 6) is 0.991. The zero-order valence-electron chi connectivity index (χ0n) is 14.2. The fourth-order valence-corrected chi connectivity index (χ4v) is 3.52. The predicted molar refractivity (Wildman–Crippen MR) is 99.0 cm³/mol. The first-order chi connectivity index (χ1) is 11.6. The van der Waals surface area contributed by atoms with Gasteiger partial charge < -0.3 is 10.2 Å². The Labute approximate surface area is 145 Å². The van der Waals surface area contributed by atoms with Crippen LogP contribution in [0.5, 0.6) is 0 Å². The van der Waals surface area contributed by atoms with E-state index in [9.17, 15) is 4.79 Å². The van der Waals surface area contributed by atoms with Gasteiger partial charge in [0.1, 0.15) is 11.5 Å². The molecule has 0 fully saturated rings. The Morgan fingerprint density at radius 2 is 2.08 bits per heavy atom. The lowest BCUT2D eigenvalue weighted by atomic mass is 10.2. The lowest BCUT2D eigenvalue weighted by Gasteiger charge is -2.21. The number of thiophene rings is 1. The minimum Gasteiger partial charge on any atom is -0.357 e. The number of aromatic nitrogens is 2. The SMILES string of the molecule is CCN(CC)c1c(C)nc2ccc(C(=O)NCc3cccs3)cn12. The van der Waals surface area contributed by atoms with Crippen LogP contribution in [0.4, 0.5) is 5.82 Å². The third-order valence-electron chi connectivity index (χ3n) is 4.09. The molecule has 126 valence electrons. The molecule has 0 aliphatic heterocycles. The van der Waals surface area contributed by atoms with Crippen molar-refractivity contribution in [2.24, 2.45) is 0 Å². The molecule has 24 heavy (non-hydrogen) atoms. The first kappa shape index (κ1) is 16.5. The van der Waals surface area contributed by atoms with Crippen molar-refractivity contribution < 1.29 is 4.79 Å².